The number of aliphatic hydroxyl groups excluding tert-OH is 1. The Labute approximate surface area is 72.6 Å². The van der Waals surface area contributed by atoms with Gasteiger partial charge in [-0.3, -0.25) is 4.98 Å². The Morgan fingerprint density at radius 1 is 1.58 bits per heavy atom. The minimum atomic E-state index is 0.197. The van der Waals surface area contributed by atoms with Crippen LogP contribution in [0.4, 0.5) is 0 Å². The highest BCUT2D eigenvalue weighted by Crippen LogP contribution is 2.05. The van der Waals surface area contributed by atoms with Crippen LogP contribution in [0, 0.1) is 6.92 Å². The van der Waals surface area contributed by atoms with Gasteiger partial charge in [0.1, 0.15) is 0 Å². The van der Waals surface area contributed by atoms with Crippen LogP contribution in [0.25, 0.3) is 6.08 Å². The van der Waals surface area contributed by atoms with Crippen LogP contribution in [0.15, 0.2) is 24.4 Å². The van der Waals surface area contributed by atoms with Crippen molar-refractivity contribution in [2.45, 2.75) is 13.3 Å². The maximum atomic E-state index is 8.54. The lowest BCUT2D eigenvalue weighted by atomic mass is 10.2. The van der Waals surface area contributed by atoms with E-state index in [-0.39, 0.29) is 6.61 Å². The predicted octanol–water partition coefficient (Wildman–Crippen LogP) is 1.79. The monoisotopic (exact) mass is 163 g/mol. The smallest absolute Gasteiger partial charge is 0.0655 e. The SMILES string of the molecule is Cc1cccnc1C=CCCO. The average Bonchev–Trinajstić information content (AvgIpc) is 2.09. The summed E-state index contributed by atoms with van der Waals surface area (Å²) in [4.78, 5) is 4.18. The normalized spacial score (nSPS) is 10.8. The second-order valence-electron chi connectivity index (χ2n) is 2.62. The number of aromatic nitrogens is 1. The molecule has 0 atom stereocenters. The van der Waals surface area contributed by atoms with Gasteiger partial charge in [-0.15, -0.1) is 0 Å². The van der Waals surface area contributed by atoms with Crippen LogP contribution in [0.1, 0.15) is 17.7 Å². The van der Waals surface area contributed by atoms with Gasteiger partial charge in [0.15, 0.2) is 0 Å². The quantitative estimate of drug-likeness (QED) is 0.736. The molecule has 0 amide bonds. The van der Waals surface area contributed by atoms with Gasteiger partial charge in [-0.2, -0.15) is 0 Å². The highest BCUT2D eigenvalue weighted by molar-refractivity contribution is 5.48. The Kier molecular flexibility index (Phi) is 3.48. The number of rotatable bonds is 3. The minimum absolute atomic E-state index is 0.197. The summed E-state index contributed by atoms with van der Waals surface area (Å²) >= 11 is 0. The standard InChI is InChI=1S/C10H13NO/c1-9-5-4-7-11-10(9)6-2-3-8-12/h2,4-7,12H,3,8H2,1H3. The molecule has 0 saturated carbocycles. The molecule has 2 nitrogen and oxygen atoms in total. The van der Waals surface area contributed by atoms with Crippen molar-refractivity contribution in [1.29, 1.82) is 0 Å². The van der Waals surface area contributed by atoms with E-state index >= 15 is 0 Å². The molecule has 64 valence electrons. The second kappa shape index (κ2) is 4.67. The van der Waals surface area contributed by atoms with Crippen molar-refractivity contribution < 1.29 is 5.11 Å². The number of aryl methyl sites for hydroxylation is 1. The van der Waals surface area contributed by atoms with E-state index in [1.165, 1.54) is 0 Å². The highest BCUT2D eigenvalue weighted by Gasteiger charge is 1.90. The Morgan fingerprint density at radius 3 is 3.08 bits per heavy atom. The first-order valence-electron chi connectivity index (χ1n) is 4.03. The van der Waals surface area contributed by atoms with Crippen molar-refractivity contribution in [3.63, 3.8) is 0 Å². The van der Waals surface area contributed by atoms with Crippen LogP contribution in [-0.2, 0) is 0 Å². The van der Waals surface area contributed by atoms with Gasteiger partial charge < -0.3 is 5.11 Å². The Hall–Kier alpha value is -1.15. The van der Waals surface area contributed by atoms with E-state index in [1.807, 2.05) is 31.2 Å². The molecule has 1 aromatic rings. The van der Waals surface area contributed by atoms with E-state index in [9.17, 15) is 0 Å². The van der Waals surface area contributed by atoms with Crippen LogP contribution >= 0.6 is 0 Å². The summed E-state index contributed by atoms with van der Waals surface area (Å²) < 4.78 is 0. The van der Waals surface area contributed by atoms with Gasteiger partial charge in [0.25, 0.3) is 0 Å². The molecule has 0 saturated heterocycles. The lowest BCUT2D eigenvalue weighted by molar-refractivity contribution is 0.303. The zero-order valence-corrected chi connectivity index (χ0v) is 7.20. The van der Waals surface area contributed by atoms with E-state index in [4.69, 9.17) is 5.11 Å². The van der Waals surface area contributed by atoms with E-state index < -0.39 is 0 Å². The molecular formula is C10H13NO. The number of pyridine rings is 1. The summed E-state index contributed by atoms with van der Waals surface area (Å²) in [5, 5.41) is 8.54. The van der Waals surface area contributed by atoms with Crippen molar-refractivity contribution in [3.8, 4) is 0 Å². The maximum absolute atomic E-state index is 8.54. The minimum Gasteiger partial charge on any atom is -0.396 e. The topological polar surface area (TPSA) is 33.1 Å². The summed E-state index contributed by atoms with van der Waals surface area (Å²) in [6, 6.07) is 3.93. The van der Waals surface area contributed by atoms with Gasteiger partial charge in [-0.1, -0.05) is 12.1 Å². The molecule has 12 heavy (non-hydrogen) atoms. The first-order chi connectivity index (χ1) is 5.84. The third-order valence-corrected chi connectivity index (χ3v) is 1.62. The summed E-state index contributed by atoms with van der Waals surface area (Å²) in [5.74, 6) is 0. The van der Waals surface area contributed by atoms with E-state index in [0.717, 1.165) is 11.3 Å². The van der Waals surface area contributed by atoms with Crippen LogP contribution in [0.5, 0.6) is 0 Å². The van der Waals surface area contributed by atoms with Crippen LogP contribution < -0.4 is 0 Å². The van der Waals surface area contributed by atoms with Crippen molar-refractivity contribution in [1.82, 2.24) is 4.98 Å². The number of hydrogen-bond acceptors (Lipinski definition) is 2. The van der Waals surface area contributed by atoms with Crippen molar-refractivity contribution in [3.05, 3.63) is 35.7 Å². The zero-order chi connectivity index (χ0) is 8.81. The van der Waals surface area contributed by atoms with E-state index in [1.54, 1.807) is 6.20 Å². The maximum Gasteiger partial charge on any atom is 0.0655 e. The summed E-state index contributed by atoms with van der Waals surface area (Å²) in [5.41, 5.74) is 2.14. The van der Waals surface area contributed by atoms with Crippen molar-refractivity contribution in [2.24, 2.45) is 0 Å². The first kappa shape index (κ1) is 8.94. The average molecular weight is 163 g/mol. The summed E-state index contributed by atoms with van der Waals surface area (Å²) in [7, 11) is 0. The van der Waals surface area contributed by atoms with Gasteiger partial charge in [-0.05, 0) is 31.1 Å². The third-order valence-electron chi connectivity index (χ3n) is 1.62. The van der Waals surface area contributed by atoms with Gasteiger partial charge in [0.05, 0.1) is 5.69 Å². The summed E-state index contributed by atoms with van der Waals surface area (Å²) in [6.07, 6.45) is 6.32. The van der Waals surface area contributed by atoms with E-state index in [0.29, 0.717) is 6.42 Å². The largest absolute Gasteiger partial charge is 0.396 e. The molecule has 0 fully saturated rings. The van der Waals surface area contributed by atoms with Gasteiger partial charge >= 0.3 is 0 Å². The van der Waals surface area contributed by atoms with Crippen LogP contribution in [0.2, 0.25) is 0 Å². The predicted molar refractivity (Wildman–Crippen MR) is 49.7 cm³/mol. The molecular weight excluding hydrogens is 150 g/mol. The number of hydrogen-bond donors (Lipinski definition) is 1. The fraction of sp³-hybridized carbons (Fsp3) is 0.300. The second-order valence-corrected chi connectivity index (χ2v) is 2.62. The molecule has 1 rings (SSSR count). The highest BCUT2D eigenvalue weighted by atomic mass is 16.2. The molecule has 1 aromatic heterocycles. The zero-order valence-electron chi connectivity index (χ0n) is 7.20. The van der Waals surface area contributed by atoms with Crippen molar-refractivity contribution in [2.75, 3.05) is 6.61 Å². The number of nitrogens with zero attached hydrogens (tertiary/aromatic N) is 1. The Balaban J connectivity index is 2.68. The molecule has 0 aliphatic carbocycles. The van der Waals surface area contributed by atoms with Gasteiger partial charge in [0, 0.05) is 12.8 Å². The summed E-state index contributed by atoms with van der Waals surface area (Å²) in [6.45, 7) is 2.22. The number of aliphatic hydroxyl groups is 1. The molecule has 0 spiro atoms. The van der Waals surface area contributed by atoms with Gasteiger partial charge in [0.2, 0.25) is 0 Å². The molecule has 0 aromatic carbocycles. The molecule has 1 N–H and O–H groups in total. The van der Waals surface area contributed by atoms with E-state index in [2.05, 4.69) is 4.98 Å². The molecule has 0 radical (unpaired) electrons. The van der Waals surface area contributed by atoms with Crippen LogP contribution in [-0.4, -0.2) is 16.7 Å². The molecule has 1 heterocycles. The van der Waals surface area contributed by atoms with Crippen molar-refractivity contribution >= 4 is 6.08 Å². The lowest BCUT2D eigenvalue weighted by Crippen LogP contribution is -1.84. The fourth-order valence-electron chi connectivity index (χ4n) is 0.942. The third kappa shape index (κ3) is 2.47. The Morgan fingerprint density at radius 2 is 2.42 bits per heavy atom. The molecule has 0 aliphatic rings. The fourth-order valence-corrected chi connectivity index (χ4v) is 0.942. The Bertz CT molecular complexity index is 268. The molecule has 2 heteroatoms. The molecule has 0 aliphatic heterocycles. The van der Waals surface area contributed by atoms with Crippen LogP contribution in [0.3, 0.4) is 0 Å². The van der Waals surface area contributed by atoms with Gasteiger partial charge in [-0.25, -0.2) is 0 Å². The molecule has 0 bridgehead atoms. The first-order valence-corrected chi connectivity index (χ1v) is 4.03. The lowest BCUT2D eigenvalue weighted by Gasteiger charge is -1.96. The molecule has 0 unspecified atom stereocenters.